The fourth-order valence-electron chi connectivity index (χ4n) is 4.03. The third-order valence-corrected chi connectivity index (χ3v) is 5.72. The first-order valence-corrected chi connectivity index (χ1v) is 10.9. The number of amides is 1. The van der Waals surface area contributed by atoms with Crippen molar-refractivity contribution < 1.29 is 20.0 Å². The van der Waals surface area contributed by atoms with Gasteiger partial charge in [0.2, 0.25) is 0 Å². The molecule has 0 saturated heterocycles. The van der Waals surface area contributed by atoms with Crippen molar-refractivity contribution in [3.63, 3.8) is 0 Å². The van der Waals surface area contributed by atoms with Gasteiger partial charge in [-0.25, -0.2) is 14.9 Å². The molecule has 0 radical (unpaired) electrons. The first-order chi connectivity index (χ1) is 15.9. The van der Waals surface area contributed by atoms with Crippen LogP contribution in [-0.2, 0) is 16.0 Å². The van der Waals surface area contributed by atoms with E-state index in [0.717, 1.165) is 36.3 Å². The first-order valence-electron chi connectivity index (χ1n) is 10.9. The fraction of sp³-hybridized carbons (Fsp3) is 0.148. The summed E-state index contributed by atoms with van der Waals surface area (Å²) in [7, 11) is 0. The smallest absolute Gasteiger partial charge is 0.354 e. The second-order valence-electron chi connectivity index (χ2n) is 8.14. The summed E-state index contributed by atoms with van der Waals surface area (Å²) in [6.07, 6.45) is 3.39. The molecule has 0 atom stereocenters. The lowest BCUT2D eigenvalue weighted by molar-refractivity contribution is -0.478. The predicted molar refractivity (Wildman–Crippen MR) is 129 cm³/mol. The van der Waals surface area contributed by atoms with Crippen LogP contribution in [0.3, 0.4) is 0 Å². The van der Waals surface area contributed by atoms with Crippen LogP contribution in [0.25, 0.3) is 6.08 Å². The van der Waals surface area contributed by atoms with Crippen LogP contribution in [-0.4, -0.2) is 29.2 Å². The van der Waals surface area contributed by atoms with E-state index in [2.05, 4.69) is 36.1 Å². The normalized spacial score (nSPS) is 13.4. The molecule has 4 N–H and O–H groups in total. The van der Waals surface area contributed by atoms with Gasteiger partial charge in [-0.05, 0) is 73.4 Å². The zero-order valence-corrected chi connectivity index (χ0v) is 18.4. The van der Waals surface area contributed by atoms with Gasteiger partial charge in [-0.1, -0.05) is 42.0 Å². The molecule has 0 bridgehead atoms. The SMILES string of the molecule is Cc1ccc(N2CCCc3cc(/C=C(/C(=N)C(=O)O)C(=O)[NH2+]c4ccccc4)ccc32)cc1. The number of nitrogens with two attached hydrogens (primary N) is 1. The Balaban J connectivity index is 1.66. The molecular formula is C27H26N3O3+. The lowest BCUT2D eigenvalue weighted by Crippen LogP contribution is -2.83. The summed E-state index contributed by atoms with van der Waals surface area (Å²) in [4.78, 5) is 26.7. The molecule has 1 amide bonds. The van der Waals surface area contributed by atoms with E-state index in [4.69, 9.17) is 5.41 Å². The number of nitrogens with one attached hydrogen (secondary N) is 1. The van der Waals surface area contributed by atoms with Crippen LogP contribution in [0.4, 0.5) is 17.1 Å². The monoisotopic (exact) mass is 440 g/mol. The number of rotatable bonds is 6. The van der Waals surface area contributed by atoms with Crippen molar-refractivity contribution in [2.45, 2.75) is 19.8 Å². The van der Waals surface area contributed by atoms with Crippen molar-refractivity contribution in [3.05, 3.63) is 95.1 Å². The molecule has 3 aromatic carbocycles. The molecular weight excluding hydrogens is 414 g/mol. The minimum Gasteiger partial charge on any atom is -0.477 e. The number of benzene rings is 3. The number of nitrogens with zero attached hydrogens (tertiary/aromatic N) is 1. The fourth-order valence-corrected chi connectivity index (χ4v) is 4.03. The molecule has 0 aromatic heterocycles. The summed E-state index contributed by atoms with van der Waals surface area (Å²) in [5.41, 5.74) is 5.09. The number of carboxylic acids is 1. The molecule has 166 valence electrons. The largest absolute Gasteiger partial charge is 0.477 e. The standard InChI is InChI=1S/C27H25N3O3/c1-18-9-12-22(13-10-18)30-15-5-6-20-16-19(11-14-24(20)30)17-23(25(28)27(32)33)26(31)29-21-7-3-2-4-8-21/h2-4,7-14,16-17,28H,5-6,15H2,1H3,(H,29,31)(H,32,33)/p+1/b23-17-,28-25?. The highest BCUT2D eigenvalue weighted by molar-refractivity contribution is 6.48. The molecule has 1 aliphatic heterocycles. The van der Waals surface area contributed by atoms with Crippen molar-refractivity contribution in [2.75, 3.05) is 11.4 Å². The van der Waals surface area contributed by atoms with Gasteiger partial charge in [-0.15, -0.1) is 0 Å². The van der Waals surface area contributed by atoms with E-state index < -0.39 is 17.6 Å². The van der Waals surface area contributed by atoms with Crippen LogP contribution in [0.15, 0.2) is 78.4 Å². The summed E-state index contributed by atoms with van der Waals surface area (Å²) >= 11 is 0. The Bertz CT molecular complexity index is 1230. The zero-order chi connectivity index (χ0) is 23.4. The van der Waals surface area contributed by atoms with Gasteiger partial charge in [0.1, 0.15) is 11.3 Å². The number of hydrogen-bond donors (Lipinski definition) is 3. The number of aryl methyl sites for hydroxylation is 2. The maximum atomic E-state index is 12.9. The van der Waals surface area contributed by atoms with E-state index in [1.807, 2.05) is 24.3 Å². The summed E-state index contributed by atoms with van der Waals surface area (Å²) in [5.74, 6) is -1.94. The van der Waals surface area contributed by atoms with Crippen molar-refractivity contribution >= 4 is 40.7 Å². The molecule has 0 spiro atoms. The molecule has 0 saturated carbocycles. The van der Waals surface area contributed by atoms with Gasteiger partial charge in [-0.2, -0.15) is 0 Å². The summed E-state index contributed by atoms with van der Waals surface area (Å²) < 4.78 is 0. The molecule has 1 heterocycles. The number of fused-ring (bicyclic) bond motifs is 1. The molecule has 3 aromatic rings. The van der Waals surface area contributed by atoms with E-state index in [0.29, 0.717) is 11.3 Å². The second kappa shape index (κ2) is 9.63. The molecule has 0 unspecified atom stereocenters. The van der Waals surface area contributed by atoms with Crippen molar-refractivity contribution in [1.82, 2.24) is 0 Å². The van der Waals surface area contributed by atoms with Crippen LogP contribution >= 0.6 is 0 Å². The Labute approximate surface area is 192 Å². The highest BCUT2D eigenvalue weighted by atomic mass is 16.4. The summed E-state index contributed by atoms with van der Waals surface area (Å²) in [6.45, 7) is 2.99. The van der Waals surface area contributed by atoms with Gasteiger partial charge in [0.25, 0.3) is 0 Å². The van der Waals surface area contributed by atoms with Gasteiger partial charge < -0.3 is 10.0 Å². The van der Waals surface area contributed by atoms with Crippen LogP contribution in [0.2, 0.25) is 0 Å². The van der Waals surface area contributed by atoms with E-state index in [9.17, 15) is 14.7 Å². The van der Waals surface area contributed by atoms with Gasteiger partial charge >= 0.3 is 11.9 Å². The van der Waals surface area contributed by atoms with Crippen LogP contribution in [0, 0.1) is 12.3 Å². The predicted octanol–water partition coefficient (Wildman–Crippen LogP) is 3.99. The van der Waals surface area contributed by atoms with E-state index >= 15 is 0 Å². The molecule has 4 rings (SSSR count). The highest BCUT2D eigenvalue weighted by Crippen LogP contribution is 2.34. The Morgan fingerprint density at radius 3 is 2.45 bits per heavy atom. The number of carbonyl (C=O) groups is 2. The maximum absolute atomic E-state index is 12.9. The highest BCUT2D eigenvalue weighted by Gasteiger charge is 2.25. The number of aliphatic carboxylic acids is 1. The first kappa shape index (κ1) is 22.2. The number of hydrogen-bond acceptors (Lipinski definition) is 4. The Kier molecular flexibility index (Phi) is 6.47. The zero-order valence-electron chi connectivity index (χ0n) is 18.4. The maximum Gasteiger partial charge on any atom is 0.354 e. The third kappa shape index (κ3) is 5.07. The third-order valence-electron chi connectivity index (χ3n) is 5.72. The number of carbonyl (C=O) groups excluding carboxylic acids is 1. The second-order valence-corrected chi connectivity index (χ2v) is 8.14. The number of quaternary nitrogens is 1. The minimum atomic E-state index is -1.43. The Hall–Kier alpha value is -4.03. The average molecular weight is 441 g/mol. The van der Waals surface area contributed by atoms with E-state index in [1.165, 1.54) is 17.0 Å². The Morgan fingerprint density at radius 2 is 1.76 bits per heavy atom. The van der Waals surface area contributed by atoms with Gasteiger partial charge in [-0.3, -0.25) is 5.41 Å². The summed E-state index contributed by atoms with van der Waals surface area (Å²) in [5, 5.41) is 18.7. The minimum absolute atomic E-state index is 0.141. The molecule has 33 heavy (non-hydrogen) atoms. The van der Waals surface area contributed by atoms with E-state index in [1.54, 1.807) is 24.3 Å². The molecule has 6 heteroatoms. The number of carboxylic acid groups (broad SMARTS) is 1. The van der Waals surface area contributed by atoms with Crippen molar-refractivity contribution in [3.8, 4) is 0 Å². The van der Waals surface area contributed by atoms with Crippen LogP contribution in [0.5, 0.6) is 0 Å². The van der Waals surface area contributed by atoms with Crippen LogP contribution < -0.4 is 10.2 Å². The quantitative estimate of drug-likeness (QED) is 0.307. The van der Waals surface area contributed by atoms with E-state index in [-0.39, 0.29) is 5.57 Å². The van der Waals surface area contributed by atoms with Gasteiger partial charge in [0.15, 0.2) is 5.71 Å². The lowest BCUT2D eigenvalue weighted by atomic mass is 9.97. The number of anilines is 2. The van der Waals surface area contributed by atoms with Crippen LogP contribution in [0.1, 0.15) is 23.1 Å². The number of para-hydroxylation sites is 1. The van der Waals surface area contributed by atoms with Gasteiger partial charge in [0, 0.05) is 17.9 Å². The van der Waals surface area contributed by atoms with Gasteiger partial charge in [0.05, 0.1) is 0 Å². The Morgan fingerprint density at radius 1 is 1.03 bits per heavy atom. The number of primary amides is 1. The molecule has 0 aliphatic carbocycles. The van der Waals surface area contributed by atoms with Crippen molar-refractivity contribution in [1.29, 1.82) is 5.41 Å². The van der Waals surface area contributed by atoms with Crippen molar-refractivity contribution in [2.24, 2.45) is 0 Å². The summed E-state index contributed by atoms with van der Waals surface area (Å²) in [6, 6.07) is 23.2. The average Bonchev–Trinajstić information content (AvgIpc) is 2.82. The molecule has 0 fully saturated rings. The lowest BCUT2D eigenvalue weighted by Gasteiger charge is -2.31. The molecule has 1 aliphatic rings. The molecule has 6 nitrogen and oxygen atoms in total. The topological polar surface area (TPSA) is 98.1 Å².